The van der Waals surface area contributed by atoms with Gasteiger partial charge in [0.25, 0.3) is 0 Å². The van der Waals surface area contributed by atoms with Gasteiger partial charge < -0.3 is 54.8 Å². The first-order chi connectivity index (χ1) is 33.9. The quantitative estimate of drug-likeness (QED) is 0.00918. The van der Waals surface area contributed by atoms with E-state index in [2.05, 4.69) is 23.6 Å². The third-order valence-electron chi connectivity index (χ3n) is 11.1. The van der Waals surface area contributed by atoms with Gasteiger partial charge in [-0.25, -0.2) is 9.13 Å². The molecule has 0 bridgehead atoms. The Balaban J connectivity index is 2.66. The van der Waals surface area contributed by atoms with Crippen LogP contribution < -0.4 is 0 Å². The number of rotatable bonds is 41. The van der Waals surface area contributed by atoms with E-state index in [0.717, 1.165) is 57.8 Å². The number of carbonyl (C=O) groups is 2. The molecule has 0 radical (unpaired) electrons. The van der Waals surface area contributed by atoms with E-state index in [9.17, 15) is 64.0 Å². The van der Waals surface area contributed by atoms with Crippen molar-refractivity contribution in [3.63, 3.8) is 0 Å². The van der Waals surface area contributed by atoms with Gasteiger partial charge in [0.2, 0.25) is 0 Å². The van der Waals surface area contributed by atoms with Crippen molar-refractivity contribution in [1.82, 2.24) is 0 Å². The molecule has 0 amide bonds. The lowest BCUT2D eigenvalue weighted by molar-refractivity contribution is -0.216. The van der Waals surface area contributed by atoms with Gasteiger partial charge in [-0.3, -0.25) is 23.2 Å². The van der Waals surface area contributed by atoms with Crippen LogP contribution in [0.2, 0.25) is 0 Å². The molecule has 10 atom stereocenters. The summed E-state index contributed by atoms with van der Waals surface area (Å²) >= 11 is 0. The van der Waals surface area contributed by atoms with Crippen LogP contribution in [0.4, 0.5) is 0 Å². The Morgan fingerprint density at radius 3 is 1.70 bits per heavy atom. The zero-order valence-electron chi connectivity index (χ0n) is 41.8. The number of hydrogen-bond donors (Lipinski definition) is 9. The van der Waals surface area contributed by atoms with Crippen LogP contribution in [0.5, 0.6) is 0 Å². The Bertz CT molecular complexity index is 1720. The molecule has 0 spiro atoms. The molecule has 0 aromatic rings. The molecule has 5 unspecified atom stereocenters. The third kappa shape index (κ3) is 35.0. The van der Waals surface area contributed by atoms with Crippen LogP contribution in [0.3, 0.4) is 0 Å². The molecule has 20 heteroatoms. The molecule has 1 rings (SSSR count). The van der Waals surface area contributed by atoms with Crippen LogP contribution in [0.25, 0.3) is 0 Å². The number of hydrogen-bond acceptors (Lipinski definition) is 15. The molecule has 0 saturated heterocycles. The summed E-state index contributed by atoms with van der Waals surface area (Å²) in [5.41, 5.74) is 0. The lowest BCUT2D eigenvalue weighted by atomic mass is 9.85. The highest BCUT2D eigenvalue weighted by Crippen LogP contribution is 2.49. The summed E-state index contributed by atoms with van der Waals surface area (Å²) in [4.78, 5) is 54.4. The molecule has 1 fully saturated rings. The van der Waals surface area contributed by atoms with Gasteiger partial charge in [-0.05, 0) is 64.2 Å². The fourth-order valence-corrected chi connectivity index (χ4v) is 8.71. The molecule has 1 aliphatic carbocycles. The largest absolute Gasteiger partial charge is 0.472 e. The van der Waals surface area contributed by atoms with Gasteiger partial charge >= 0.3 is 27.6 Å². The number of phosphoric acid groups is 2. The van der Waals surface area contributed by atoms with Crippen LogP contribution in [-0.4, -0.2) is 125 Å². The molecule has 0 heterocycles. The zero-order chi connectivity index (χ0) is 52.8. The van der Waals surface area contributed by atoms with Crippen molar-refractivity contribution >= 4 is 27.6 Å². The van der Waals surface area contributed by atoms with Crippen molar-refractivity contribution in [2.75, 3.05) is 13.2 Å². The Morgan fingerprint density at radius 2 is 1.10 bits per heavy atom. The predicted octanol–water partition coefficient (Wildman–Crippen LogP) is 8.12. The minimum atomic E-state index is -5.39. The van der Waals surface area contributed by atoms with E-state index in [4.69, 9.17) is 18.5 Å². The van der Waals surface area contributed by atoms with Crippen LogP contribution in [0.1, 0.15) is 155 Å². The first-order valence-corrected chi connectivity index (χ1v) is 28.4. The monoisotopic (exact) mass is 1050 g/mol. The number of ether oxygens (including phenoxy) is 2. The maximum absolute atomic E-state index is 13.0. The molecule has 408 valence electrons. The molecule has 18 nitrogen and oxygen atoms in total. The molecular weight excluding hydrogens is 962 g/mol. The maximum Gasteiger partial charge on any atom is 0.472 e. The van der Waals surface area contributed by atoms with Crippen molar-refractivity contribution in [3.8, 4) is 0 Å². The highest BCUT2D eigenvalue weighted by atomic mass is 31.2. The fraction of sp³-hybridized carbons (Fsp3) is 0.686. The average Bonchev–Trinajstić information content (AvgIpc) is 3.32. The van der Waals surface area contributed by atoms with E-state index >= 15 is 0 Å². The van der Waals surface area contributed by atoms with Crippen LogP contribution in [0.15, 0.2) is 85.1 Å². The highest BCUT2D eigenvalue weighted by molar-refractivity contribution is 7.47. The summed E-state index contributed by atoms with van der Waals surface area (Å²) in [7, 11) is -10.8. The fourth-order valence-electron chi connectivity index (χ4n) is 7.17. The Kier molecular flexibility index (Phi) is 37.7. The van der Waals surface area contributed by atoms with Gasteiger partial charge in [-0.2, -0.15) is 0 Å². The minimum absolute atomic E-state index is 0.00810. The van der Waals surface area contributed by atoms with Crippen molar-refractivity contribution < 1.29 is 87.1 Å². The second kappa shape index (κ2) is 40.5. The van der Waals surface area contributed by atoms with Gasteiger partial charge in [0.1, 0.15) is 43.2 Å². The first kappa shape index (κ1) is 66.1. The number of phosphoric ester groups is 2. The lowest BCUT2D eigenvalue weighted by Crippen LogP contribution is -2.64. The molecule has 0 aliphatic heterocycles. The van der Waals surface area contributed by atoms with E-state index in [0.29, 0.717) is 32.1 Å². The van der Waals surface area contributed by atoms with Crippen LogP contribution in [0, 0.1) is 0 Å². The molecule has 1 aliphatic rings. The molecule has 71 heavy (non-hydrogen) atoms. The summed E-state index contributed by atoms with van der Waals surface area (Å²) in [6.07, 6.45) is 28.8. The van der Waals surface area contributed by atoms with E-state index in [-0.39, 0.29) is 12.8 Å². The number of unbranched alkanes of at least 4 members (excludes halogenated alkanes) is 14. The van der Waals surface area contributed by atoms with Crippen molar-refractivity contribution in [2.24, 2.45) is 0 Å². The van der Waals surface area contributed by atoms with E-state index in [1.165, 1.54) is 38.5 Å². The van der Waals surface area contributed by atoms with Crippen molar-refractivity contribution in [1.29, 1.82) is 0 Å². The van der Waals surface area contributed by atoms with Crippen molar-refractivity contribution in [3.05, 3.63) is 85.1 Å². The first-order valence-electron chi connectivity index (χ1n) is 25.4. The Labute approximate surface area is 421 Å². The molecule has 0 aromatic carbocycles. The second-order valence-electron chi connectivity index (χ2n) is 17.5. The molecule has 9 N–H and O–H groups in total. The smallest absolute Gasteiger partial charge is 0.462 e. The molecular formula is C51H86O18P2. The lowest BCUT2D eigenvalue weighted by Gasteiger charge is -2.43. The van der Waals surface area contributed by atoms with Gasteiger partial charge in [-0.15, -0.1) is 0 Å². The van der Waals surface area contributed by atoms with Crippen LogP contribution in [-0.2, 0) is 41.8 Å². The Hall–Kier alpha value is -2.90. The number of aliphatic hydroxyl groups is 6. The Morgan fingerprint density at radius 1 is 0.549 bits per heavy atom. The maximum atomic E-state index is 13.0. The van der Waals surface area contributed by atoms with E-state index in [1.807, 2.05) is 37.3 Å². The minimum Gasteiger partial charge on any atom is -0.462 e. The van der Waals surface area contributed by atoms with Gasteiger partial charge in [0, 0.05) is 12.8 Å². The molecule has 1 saturated carbocycles. The zero-order valence-corrected chi connectivity index (χ0v) is 43.6. The summed E-state index contributed by atoms with van der Waals surface area (Å²) in [5, 5.41) is 61.4. The number of esters is 2. The predicted molar refractivity (Wildman–Crippen MR) is 271 cm³/mol. The summed E-state index contributed by atoms with van der Waals surface area (Å²) < 4.78 is 49.3. The number of allylic oxidation sites excluding steroid dienone is 10. The summed E-state index contributed by atoms with van der Waals surface area (Å²) in [6.45, 7) is 2.76. The van der Waals surface area contributed by atoms with E-state index < -0.39 is 95.7 Å². The summed E-state index contributed by atoms with van der Waals surface area (Å²) in [5.74, 6) is -1.40. The van der Waals surface area contributed by atoms with Gasteiger partial charge in [0.15, 0.2) is 6.10 Å². The van der Waals surface area contributed by atoms with Crippen molar-refractivity contribution in [2.45, 2.75) is 210 Å². The highest BCUT2D eigenvalue weighted by Gasteiger charge is 2.54. The normalized spacial score (nSPS) is 22.5. The number of aliphatic hydroxyl groups excluding tert-OH is 6. The summed E-state index contributed by atoms with van der Waals surface area (Å²) in [6, 6.07) is 0. The number of carbonyl (C=O) groups excluding carboxylic acids is 2. The van der Waals surface area contributed by atoms with Gasteiger partial charge in [-0.1, -0.05) is 163 Å². The van der Waals surface area contributed by atoms with Gasteiger partial charge in [0.05, 0.1) is 18.8 Å². The van der Waals surface area contributed by atoms with E-state index in [1.54, 1.807) is 42.5 Å². The topological polar surface area (TPSA) is 296 Å². The molecule has 0 aromatic heterocycles. The average molecular weight is 1050 g/mol. The third-order valence-corrected chi connectivity index (χ3v) is 12.6. The standard InChI is InChI=1S/C51H86O18P2/c1-3-5-7-8-9-10-11-12-13-14-15-16-17-18-22-25-31-38-45(55)67-43(40-66-71(63,64)69-51-48(58)46(56)47(57)50(49(51)59)68-70(60,61)62)39-65-44(54)37-32-26-30-36-42(53)35-29-24-21-19-20-23-28-34-41(52)33-27-6-4-2/h6,12-13,20-21,23-24,27-30,34-36,41-43,46-53,56-59H,3-5,7-11,14-19,22,25-26,31-33,37-40H2,1-2H3,(H,63,64)(H2,60,61,62)/b13-12-,23-20-,24-21-,27-6-,34-28+,35-29+,36-30-/t41-,42-,43-,46?,47?,48?,49?,50-,51+/m1/s1. The second-order valence-corrected chi connectivity index (χ2v) is 20.1. The SMILES string of the molecule is CC/C=C\C[C@@H](O)/C=C/C=C\C/C=C\C=C\[C@@H](O)/C=C\CCCC(=O)OC[C@H](COP(=O)(O)O[C@H]1C(O)C(O)C(O)[C@@H](OP(=O)(O)O)C1O)OC(=O)CCCCCCCCC/C=C\CCCCCCCC. The van der Waals surface area contributed by atoms with Crippen LogP contribution >= 0.6 is 15.6 Å².